The molecule has 0 aliphatic heterocycles. The van der Waals surface area contributed by atoms with E-state index in [0.717, 1.165) is 5.56 Å². The lowest BCUT2D eigenvalue weighted by Crippen LogP contribution is -2.23. The van der Waals surface area contributed by atoms with Gasteiger partial charge in [-0.15, -0.1) is 5.10 Å². The number of esters is 1. The van der Waals surface area contributed by atoms with E-state index < -0.39 is 12.0 Å². The highest BCUT2D eigenvalue weighted by Gasteiger charge is 2.26. The van der Waals surface area contributed by atoms with E-state index in [1.807, 2.05) is 30.3 Å². The number of Topliss-reactive ketones (excluding diaryl/α,β-unsaturated/α-hetero) is 1. The molecule has 2 rings (SSSR count). The number of aromatic nitrogens is 3. The first-order valence-corrected chi connectivity index (χ1v) is 7.13. The molecule has 1 atom stereocenters. The Morgan fingerprint density at radius 2 is 1.77 bits per heavy atom. The van der Waals surface area contributed by atoms with Crippen LogP contribution in [0, 0.1) is 0 Å². The zero-order valence-electron chi connectivity index (χ0n) is 13.1. The van der Waals surface area contributed by atoms with Gasteiger partial charge in [-0.2, -0.15) is 0 Å². The minimum absolute atomic E-state index is 0.200. The standard InChI is InChI=1S/C16H19N3O3/c1-10(2)22-16(21)11(3)19-15(13-8-6-5-7-9-13)14(12(4)20)17-18-19/h5-11H,1-4H3. The van der Waals surface area contributed by atoms with Crippen LogP contribution in [0.2, 0.25) is 0 Å². The van der Waals surface area contributed by atoms with Crippen molar-refractivity contribution < 1.29 is 14.3 Å². The van der Waals surface area contributed by atoms with Gasteiger partial charge >= 0.3 is 5.97 Å². The van der Waals surface area contributed by atoms with E-state index in [0.29, 0.717) is 5.69 Å². The van der Waals surface area contributed by atoms with Gasteiger partial charge in [0.1, 0.15) is 11.7 Å². The zero-order valence-corrected chi connectivity index (χ0v) is 13.1. The third-order valence-corrected chi connectivity index (χ3v) is 3.14. The van der Waals surface area contributed by atoms with Crippen molar-refractivity contribution in [2.75, 3.05) is 0 Å². The number of ketones is 1. The molecule has 2 aromatic rings. The second kappa shape index (κ2) is 6.51. The van der Waals surface area contributed by atoms with E-state index in [4.69, 9.17) is 4.74 Å². The maximum atomic E-state index is 12.1. The van der Waals surface area contributed by atoms with Crippen molar-refractivity contribution >= 4 is 11.8 Å². The molecule has 6 heteroatoms. The Labute approximate surface area is 129 Å². The van der Waals surface area contributed by atoms with Crippen LogP contribution in [0.15, 0.2) is 30.3 Å². The van der Waals surface area contributed by atoms with E-state index in [-0.39, 0.29) is 17.6 Å². The van der Waals surface area contributed by atoms with Gasteiger partial charge in [0.2, 0.25) is 0 Å². The molecule has 0 fully saturated rings. The average molecular weight is 301 g/mol. The summed E-state index contributed by atoms with van der Waals surface area (Å²) >= 11 is 0. The van der Waals surface area contributed by atoms with Crippen molar-refractivity contribution in [1.29, 1.82) is 0 Å². The Balaban J connectivity index is 2.49. The molecule has 0 aliphatic rings. The number of carbonyl (C=O) groups is 2. The quantitative estimate of drug-likeness (QED) is 0.627. The summed E-state index contributed by atoms with van der Waals surface area (Å²) in [7, 11) is 0. The van der Waals surface area contributed by atoms with E-state index in [1.54, 1.807) is 20.8 Å². The second-order valence-corrected chi connectivity index (χ2v) is 5.32. The molecule has 0 spiro atoms. The number of hydrogen-bond donors (Lipinski definition) is 0. The second-order valence-electron chi connectivity index (χ2n) is 5.32. The lowest BCUT2D eigenvalue weighted by Gasteiger charge is -2.16. The van der Waals surface area contributed by atoms with Gasteiger partial charge in [-0.25, -0.2) is 9.48 Å². The van der Waals surface area contributed by atoms with Crippen LogP contribution in [0.4, 0.5) is 0 Å². The Morgan fingerprint density at radius 1 is 1.14 bits per heavy atom. The summed E-state index contributed by atoms with van der Waals surface area (Å²) < 4.78 is 6.66. The van der Waals surface area contributed by atoms with Gasteiger partial charge in [0.15, 0.2) is 11.5 Å². The molecule has 0 N–H and O–H groups in total. The van der Waals surface area contributed by atoms with Crippen molar-refractivity contribution in [2.45, 2.75) is 39.8 Å². The SMILES string of the molecule is CC(=O)c1nnn(C(C)C(=O)OC(C)C)c1-c1ccccc1. The fourth-order valence-electron chi connectivity index (χ4n) is 2.10. The third-order valence-electron chi connectivity index (χ3n) is 3.14. The monoisotopic (exact) mass is 301 g/mol. The first-order chi connectivity index (χ1) is 10.4. The van der Waals surface area contributed by atoms with E-state index in [2.05, 4.69) is 10.3 Å². The van der Waals surface area contributed by atoms with Gasteiger partial charge in [0, 0.05) is 12.5 Å². The third kappa shape index (κ3) is 3.21. The molecule has 22 heavy (non-hydrogen) atoms. The molecule has 0 saturated heterocycles. The summed E-state index contributed by atoms with van der Waals surface area (Å²) in [6, 6.07) is 8.62. The predicted octanol–water partition coefficient (Wildman–Crippen LogP) is 2.66. The molecule has 1 unspecified atom stereocenters. The lowest BCUT2D eigenvalue weighted by molar-refractivity contribution is -0.151. The molecule has 1 aromatic carbocycles. The molecule has 0 aliphatic carbocycles. The number of nitrogens with zero attached hydrogens (tertiary/aromatic N) is 3. The molecular formula is C16H19N3O3. The Hall–Kier alpha value is -2.50. The van der Waals surface area contributed by atoms with E-state index >= 15 is 0 Å². The fraction of sp³-hybridized carbons (Fsp3) is 0.375. The van der Waals surface area contributed by atoms with Gasteiger partial charge in [-0.05, 0) is 20.8 Å². The van der Waals surface area contributed by atoms with Crippen molar-refractivity contribution in [1.82, 2.24) is 15.0 Å². The van der Waals surface area contributed by atoms with E-state index in [1.165, 1.54) is 11.6 Å². The Morgan fingerprint density at radius 3 is 2.32 bits per heavy atom. The van der Waals surface area contributed by atoms with Crippen LogP contribution in [0.25, 0.3) is 11.3 Å². The highest BCUT2D eigenvalue weighted by molar-refractivity contribution is 5.98. The molecule has 0 saturated carbocycles. The first-order valence-electron chi connectivity index (χ1n) is 7.13. The maximum absolute atomic E-state index is 12.1. The van der Waals surface area contributed by atoms with Crippen LogP contribution >= 0.6 is 0 Å². The topological polar surface area (TPSA) is 74.1 Å². The Bertz CT molecular complexity index is 677. The largest absolute Gasteiger partial charge is 0.461 e. The Kier molecular flexibility index (Phi) is 4.70. The van der Waals surface area contributed by atoms with Gasteiger partial charge < -0.3 is 4.74 Å². The number of rotatable bonds is 5. The summed E-state index contributed by atoms with van der Waals surface area (Å²) in [5, 5.41) is 7.92. The molecule has 0 radical (unpaired) electrons. The van der Waals surface area contributed by atoms with E-state index in [9.17, 15) is 9.59 Å². The molecule has 1 heterocycles. The molecular weight excluding hydrogens is 282 g/mol. The molecule has 116 valence electrons. The van der Waals surface area contributed by atoms with Crippen LogP contribution in [-0.4, -0.2) is 32.9 Å². The lowest BCUT2D eigenvalue weighted by atomic mass is 10.1. The maximum Gasteiger partial charge on any atom is 0.330 e. The summed E-state index contributed by atoms with van der Waals surface area (Å²) in [5.41, 5.74) is 1.55. The molecule has 0 bridgehead atoms. The minimum atomic E-state index is -0.668. The van der Waals surface area contributed by atoms with Crippen LogP contribution in [-0.2, 0) is 9.53 Å². The van der Waals surface area contributed by atoms with Crippen LogP contribution < -0.4 is 0 Å². The molecule has 1 aromatic heterocycles. The average Bonchev–Trinajstić information content (AvgIpc) is 2.91. The van der Waals surface area contributed by atoms with Crippen molar-refractivity contribution in [3.8, 4) is 11.3 Å². The van der Waals surface area contributed by atoms with Crippen molar-refractivity contribution in [2.24, 2.45) is 0 Å². The van der Waals surface area contributed by atoms with Gasteiger partial charge in [-0.1, -0.05) is 35.5 Å². The smallest absolute Gasteiger partial charge is 0.330 e. The summed E-state index contributed by atoms with van der Waals surface area (Å²) in [4.78, 5) is 23.9. The summed E-state index contributed by atoms with van der Waals surface area (Å²) in [6.07, 6.45) is -0.217. The van der Waals surface area contributed by atoms with Gasteiger partial charge in [-0.3, -0.25) is 4.79 Å². The fourth-order valence-corrected chi connectivity index (χ4v) is 2.10. The van der Waals surface area contributed by atoms with Gasteiger partial charge in [0.05, 0.1) is 6.10 Å². The number of benzene rings is 1. The van der Waals surface area contributed by atoms with Crippen molar-refractivity contribution in [3.63, 3.8) is 0 Å². The summed E-state index contributed by atoms with van der Waals surface area (Å²) in [6.45, 7) is 6.67. The van der Waals surface area contributed by atoms with Crippen molar-refractivity contribution in [3.05, 3.63) is 36.0 Å². The first kappa shape index (κ1) is 15.9. The van der Waals surface area contributed by atoms with Crippen LogP contribution in [0.5, 0.6) is 0 Å². The highest BCUT2D eigenvalue weighted by Crippen LogP contribution is 2.26. The normalized spacial score (nSPS) is 12.2. The summed E-state index contributed by atoms with van der Waals surface area (Å²) in [5.74, 6) is -0.610. The number of carbonyl (C=O) groups excluding carboxylic acids is 2. The van der Waals surface area contributed by atoms with Crippen LogP contribution in [0.1, 0.15) is 44.2 Å². The number of hydrogen-bond acceptors (Lipinski definition) is 5. The predicted molar refractivity (Wildman–Crippen MR) is 81.4 cm³/mol. The van der Waals surface area contributed by atoms with Crippen LogP contribution in [0.3, 0.4) is 0 Å². The number of ether oxygens (including phenoxy) is 1. The highest BCUT2D eigenvalue weighted by atomic mass is 16.5. The molecule has 6 nitrogen and oxygen atoms in total. The zero-order chi connectivity index (χ0) is 16.3. The minimum Gasteiger partial charge on any atom is -0.461 e. The van der Waals surface area contributed by atoms with Gasteiger partial charge in [0.25, 0.3) is 0 Å². The molecule has 0 amide bonds.